The van der Waals surface area contributed by atoms with E-state index in [1.807, 2.05) is 97.1 Å². The van der Waals surface area contributed by atoms with Gasteiger partial charge in [0.2, 0.25) is 0 Å². The van der Waals surface area contributed by atoms with Crippen LogP contribution in [0.1, 0.15) is 16.7 Å². The zero-order valence-electron chi connectivity index (χ0n) is 26.7. The average Bonchev–Trinajstić information content (AvgIpc) is 3.69. The number of nitriles is 3. The quantitative estimate of drug-likeness (QED) is 0.193. The largest absolute Gasteiger partial charge is 0.309 e. The van der Waals surface area contributed by atoms with Crippen molar-refractivity contribution >= 4 is 43.6 Å². The molecule has 9 rings (SSSR count). The number of nitrogens with zero attached hydrogens (tertiary/aromatic N) is 5. The fraction of sp³-hybridized carbons (Fsp3) is 0. The smallest absolute Gasteiger partial charge is 0.102 e. The SMILES string of the molecule is N#Cc1ccc2c(c1)c1ccccc1n2-c1cccc(-c2cccc(-c3c(C#N)cccc3-n3c4ccccc4c4ccccc43)c2)c1C#N. The Labute approximate surface area is 287 Å². The van der Waals surface area contributed by atoms with Gasteiger partial charge in [-0.3, -0.25) is 0 Å². The van der Waals surface area contributed by atoms with Crippen molar-refractivity contribution in [3.63, 3.8) is 0 Å². The molecule has 0 atom stereocenters. The van der Waals surface area contributed by atoms with Gasteiger partial charge in [0.15, 0.2) is 0 Å². The number of rotatable bonds is 4. The van der Waals surface area contributed by atoms with Gasteiger partial charge in [-0.05, 0) is 71.8 Å². The first-order valence-corrected chi connectivity index (χ1v) is 16.3. The molecule has 5 heteroatoms. The molecule has 0 fully saturated rings. The van der Waals surface area contributed by atoms with Crippen molar-refractivity contribution in [2.24, 2.45) is 0 Å². The van der Waals surface area contributed by atoms with Gasteiger partial charge in [0, 0.05) is 32.7 Å². The van der Waals surface area contributed by atoms with Crippen molar-refractivity contribution in [3.8, 4) is 51.8 Å². The van der Waals surface area contributed by atoms with Crippen LogP contribution in [-0.2, 0) is 0 Å². The molecule has 0 saturated heterocycles. The Bertz CT molecular complexity index is 2920. The Morgan fingerprint density at radius 1 is 0.400 bits per heavy atom. The molecule has 2 aromatic heterocycles. The third kappa shape index (κ3) is 4.24. The highest BCUT2D eigenvalue weighted by molar-refractivity contribution is 6.11. The Balaban J connectivity index is 1.27. The van der Waals surface area contributed by atoms with Crippen molar-refractivity contribution in [3.05, 3.63) is 168 Å². The van der Waals surface area contributed by atoms with E-state index in [1.165, 1.54) is 0 Å². The molecular formula is C45H25N5. The molecular weight excluding hydrogens is 611 g/mol. The number of para-hydroxylation sites is 3. The van der Waals surface area contributed by atoms with Crippen LogP contribution in [0.3, 0.4) is 0 Å². The van der Waals surface area contributed by atoms with Gasteiger partial charge >= 0.3 is 0 Å². The lowest BCUT2D eigenvalue weighted by atomic mass is 9.92. The molecule has 7 aromatic carbocycles. The van der Waals surface area contributed by atoms with Gasteiger partial charge in [0.25, 0.3) is 0 Å². The van der Waals surface area contributed by atoms with E-state index in [0.29, 0.717) is 16.7 Å². The number of hydrogen-bond donors (Lipinski definition) is 0. The standard InChI is InChI=1S/C45H25N5/c46-26-29-22-23-43-37(24-29)36-15-3-6-19-41(36)49(43)42-20-9-16-33(38(42)28-48)30-10-7-11-31(25-30)45-32(27-47)12-8-21-44(45)50-39-17-4-1-13-34(39)35-14-2-5-18-40(35)50/h1-25H. The first-order chi connectivity index (χ1) is 24.7. The van der Waals surface area contributed by atoms with Crippen LogP contribution in [0, 0.1) is 34.0 Å². The maximum absolute atomic E-state index is 10.8. The summed E-state index contributed by atoms with van der Waals surface area (Å²) in [7, 11) is 0. The van der Waals surface area contributed by atoms with Crippen LogP contribution in [-0.4, -0.2) is 9.13 Å². The number of fused-ring (bicyclic) bond motifs is 6. The number of aromatic nitrogens is 2. The van der Waals surface area contributed by atoms with Crippen LogP contribution in [0.5, 0.6) is 0 Å². The van der Waals surface area contributed by atoms with Crippen LogP contribution in [0.25, 0.3) is 77.2 Å². The molecule has 5 nitrogen and oxygen atoms in total. The van der Waals surface area contributed by atoms with Crippen LogP contribution >= 0.6 is 0 Å². The lowest BCUT2D eigenvalue weighted by molar-refractivity contribution is 1.17. The van der Waals surface area contributed by atoms with E-state index >= 15 is 0 Å². The van der Waals surface area contributed by atoms with E-state index in [1.54, 1.807) is 0 Å². The highest BCUT2D eigenvalue weighted by Crippen LogP contribution is 2.40. The van der Waals surface area contributed by atoms with E-state index in [0.717, 1.165) is 77.2 Å². The third-order valence-electron chi connectivity index (χ3n) is 9.64. The van der Waals surface area contributed by atoms with Crippen LogP contribution in [0.4, 0.5) is 0 Å². The summed E-state index contributed by atoms with van der Waals surface area (Å²) in [6.45, 7) is 0. The van der Waals surface area contributed by atoms with Crippen LogP contribution in [0.2, 0.25) is 0 Å². The summed E-state index contributed by atoms with van der Waals surface area (Å²) in [5.74, 6) is 0. The monoisotopic (exact) mass is 635 g/mol. The molecule has 0 unspecified atom stereocenters. The summed E-state index contributed by atoms with van der Waals surface area (Å²) in [6, 6.07) is 57.7. The second-order valence-electron chi connectivity index (χ2n) is 12.3. The molecule has 0 aliphatic rings. The summed E-state index contributed by atoms with van der Waals surface area (Å²) >= 11 is 0. The molecule has 0 radical (unpaired) electrons. The average molecular weight is 636 g/mol. The van der Waals surface area contributed by atoms with Crippen molar-refractivity contribution < 1.29 is 0 Å². The van der Waals surface area contributed by atoms with E-state index < -0.39 is 0 Å². The Kier molecular flexibility index (Phi) is 6.56. The van der Waals surface area contributed by atoms with Gasteiger partial charge in [-0.1, -0.05) is 91.0 Å². The summed E-state index contributed by atoms with van der Waals surface area (Å²) in [5, 5.41) is 35.1. The molecule has 0 N–H and O–H groups in total. The number of hydrogen-bond acceptors (Lipinski definition) is 3. The Morgan fingerprint density at radius 3 is 1.62 bits per heavy atom. The van der Waals surface area contributed by atoms with Crippen molar-refractivity contribution in [1.29, 1.82) is 15.8 Å². The summed E-state index contributed by atoms with van der Waals surface area (Å²) in [4.78, 5) is 0. The third-order valence-corrected chi connectivity index (χ3v) is 9.64. The maximum atomic E-state index is 10.8. The first kappa shape index (κ1) is 28.8. The highest BCUT2D eigenvalue weighted by Gasteiger charge is 2.21. The molecule has 2 heterocycles. The van der Waals surface area contributed by atoms with Gasteiger partial charge in [-0.15, -0.1) is 0 Å². The van der Waals surface area contributed by atoms with E-state index in [4.69, 9.17) is 0 Å². The Hall–Kier alpha value is -7.39. The molecule has 0 spiro atoms. The molecule has 0 aliphatic heterocycles. The molecule has 9 aromatic rings. The van der Waals surface area contributed by atoms with Crippen LogP contribution < -0.4 is 0 Å². The van der Waals surface area contributed by atoms with Crippen LogP contribution in [0.15, 0.2) is 152 Å². The zero-order chi connectivity index (χ0) is 33.8. The topological polar surface area (TPSA) is 81.2 Å². The predicted molar refractivity (Wildman–Crippen MR) is 200 cm³/mol. The minimum Gasteiger partial charge on any atom is -0.309 e. The molecule has 0 saturated carbocycles. The van der Waals surface area contributed by atoms with Gasteiger partial charge in [0.05, 0.1) is 62.3 Å². The van der Waals surface area contributed by atoms with Gasteiger partial charge in [-0.25, -0.2) is 0 Å². The molecule has 50 heavy (non-hydrogen) atoms. The van der Waals surface area contributed by atoms with E-state index in [2.05, 4.69) is 81.9 Å². The van der Waals surface area contributed by atoms with E-state index in [-0.39, 0.29) is 0 Å². The van der Waals surface area contributed by atoms with Gasteiger partial charge in [0.1, 0.15) is 6.07 Å². The molecule has 230 valence electrons. The summed E-state index contributed by atoms with van der Waals surface area (Å²) < 4.78 is 4.36. The second-order valence-corrected chi connectivity index (χ2v) is 12.3. The molecule has 0 amide bonds. The minimum atomic E-state index is 0.535. The fourth-order valence-electron chi connectivity index (χ4n) is 7.53. The van der Waals surface area contributed by atoms with Gasteiger partial charge < -0.3 is 9.13 Å². The summed E-state index contributed by atoms with van der Waals surface area (Å²) in [5.41, 5.74) is 10.7. The lowest BCUT2D eigenvalue weighted by Gasteiger charge is -2.17. The Morgan fingerprint density at radius 2 is 0.960 bits per heavy atom. The van der Waals surface area contributed by atoms with E-state index in [9.17, 15) is 15.8 Å². The molecule has 0 aliphatic carbocycles. The van der Waals surface area contributed by atoms with Crippen molar-refractivity contribution in [2.45, 2.75) is 0 Å². The predicted octanol–water partition coefficient (Wildman–Crippen LogP) is 10.8. The van der Waals surface area contributed by atoms with Gasteiger partial charge in [-0.2, -0.15) is 15.8 Å². The number of benzene rings is 7. The zero-order valence-corrected chi connectivity index (χ0v) is 26.7. The highest BCUT2D eigenvalue weighted by atomic mass is 15.0. The molecule has 0 bridgehead atoms. The maximum Gasteiger partial charge on any atom is 0.102 e. The van der Waals surface area contributed by atoms with Crippen molar-refractivity contribution in [2.75, 3.05) is 0 Å². The van der Waals surface area contributed by atoms with Crippen molar-refractivity contribution in [1.82, 2.24) is 9.13 Å². The lowest BCUT2D eigenvalue weighted by Crippen LogP contribution is -2.00. The first-order valence-electron chi connectivity index (χ1n) is 16.3. The summed E-state index contributed by atoms with van der Waals surface area (Å²) in [6.07, 6.45) is 0. The second kappa shape index (κ2) is 11.4. The normalized spacial score (nSPS) is 11.1. The minimum absolute atomic E-state index is 0.535. The fourth-order valence-corrected chi connectivity index (χ4v) is 7.53.